The monoisotopic (exact) mass is 257 g/mol. The Morgan fingerprint density at radius 3 is 2.50 bits per heavy atom. The first-order chi connectivity index (χ1) is 8.74. The Hall–Kier alpha value is -0.410. The van der Waals surface area contributed by atoms with Gasteiger partial charge in [0.15, 0.2) is 0 Å². The van der Waals surface area contributed by atoms with Crippen LogP contribution in [0, 0.1) is 5.92 Å². The average Bonchev–Trinajstić information content (AvgIpc) is 2.38. The minimum Gasteiger partial charge on any atom is -0.373 e. The third-order valence-electron chi connectivity index (χ3n) is 3.19. The lowest BCUT2D eigenvalue weighted by molar-refractivity contribution is -0.112. The highest BCUT2D eigenvalue weighted by Crippen LogP contribution is 2.10. The van der Waals surface area contributed by atoms with Crippen molar-refractivity contribution in [2.45, 2.75) is 52.9 Å². The number of nitrogens with zero attached hydrogens (tertiary/aromatic N) is 1. The van der Waals surface area contributed by atoms with Gasteiger partial charge in [0.2, 0.25) is 0 Å². The minimum atomic E-state index is 0.229. The zero-order valence-electron chi connectivity index (χ0n) is 12.5. The molecule has 0 aromatic carbocycles. The van der Waals surface area contributed by atoms with Crippen molar-refractivity contribution in [2.24, 2.45) is 5.92 Å². The van der Waals surface area contributed by atoms with E-state index in [0.29, 0.717) is 6.61 Å². The van der Waals surface area contributed by atoms with Gasteiger partial charge in [0.05, 0.1) is 6.61 Å². The fourth-order valence-electron chi connectivity index (χ4n) is 2.09. The van der Waals surface area contributed by atoms with Crippen molar-refractivity contribution in [2.75, 3.05) is 32.8 Å². The highest BCUT2D eigenvalue weighted by atomic mass is 16.5. The number of hydrogen-bond acceptors (Lipinski definition) is 3. The maximum Gasteiger partial charge on any atom is 0.145 e. The first kappa shape index (κ1) is 17.6. The normalized spacial score (nSPS) is 12.9. The average molecular weight is 257 g/mol. The van der Waals surface area contributed by atoms with E-state index >= 15 is 0 Å². The van der Waals surface area contributed by atoms with Crippen LogP contribution >= 0.6 is 0 Å². The lowest BCUT2D eigenvalue weighted by atomic mass is 10.0. The standard InChI is InChI=1S/C15H31NO2/c1-4-6-8-15(3)14-16(9-7-5-2)10-12-18-13-11-17/h11,15H,4-10,12-14H2,1-3H3. The fraction of sp³-hybridized carbons (Fsp3) is 0.933. The van der Waals surface area contributed by atoms with Crippen LogP contribution in [-0.2, 0) is 9.53 Å². The zero-order chi connectivity index (χ0) is 13.6. The molecule has 18 heavy (non-hydrogen) atoms. The van der Waals surface area contributed by atoms with Crippen molar-refractivity contribution in [3.63, 3.8) is 0 Å². The molecule has 0 aromatic rings. The second-order valence-electron chi connectivity index (χ2n) is 5.14. The highest BCUT2D eigenvalue weighted by Gasteiger charge is 2.09. The summed E-state index contributed by atoms with van der Waals surface area (Å²) in [6.45, 7) is 11.0. The lowest BCUT2D eigenvalue weighted by Crippen LogP contribution is -2.33. The molecular formula is C15H31NO2. The van der Waals surface area contributed by atoms with E-state index in [-0.39, 0.29) is 6.61 Å². The van der Waals surface area contributed by atoms with Gasteiger partial charge in [-0.3, -0.25) is 0 Å². The van der Waals surface area contributed by atoms with E-state index < -0.39 is 0 Å². The summed E-state index contributed by atoms with van der Waals surface area (Å²) in [7, 11) is 0. The number of hydrogen-bond donors (Lipinski definition) is 0. The van der Waals surface area contributed by atoms with Crippen molar-refractivity contribution in [3.05, 3.63) is 0 Å². The maximum atomic E-state index is 10.2. The topological polar surface area (TPSA) is 29.5 Å². The zero-order valence-corrected chi connectivity index (χ0v) is 12.5. The molecule has 108 valence electrons. The molecule has 0 aliphatic carbocycles. The van der Waals surface area contributed by atoms with Gasteiger partial charge in [0, 0.05) is 13.1 Å². The third kappa shape index (κ3) is 10.7. The Kier molecular flexibility index (Phi) is 12.7. The van der Waals surface area contributed by atoms with Crippen LogP contribution in [0.15, 0.2) is 0 Å². The van der Waals surface area contributed by atoms with Crippen LogP contribution < -0.4 is 0 Å². The number of ether oxygens (including phenoxy) is 1. The van der Waals surface area contributed by atoms with Crippen molar-refractivity contribution in [3.8, 4) is 0 Å². The third-order valence-corrected chi connectivity index (χ3v) is 3.19. The van der Waals surface area contributed by atoms with Gasteiger partial charge in [-0.25, -0.2) is 0 Å². The van der Waals surface area contributed by atoms with E-state index in [4.69, 9.17) is 4.74 Å². The second-order valence-corrected chi connectivity index (χ2v) is 5.14. The molecule has 0 saturated carbocycles. The Morgan fingerprint density at radius 1 is 1.17 bits per heavy atom. The molecule has 0 aromatic heterocycles. The molecule has 0 bridgehead atoms. The van der Waals surface area contributed by atoms with Crippen LogP contribution in [0.3, 0.4) is 0 Å². The lowest BCUT2D eigenvalue weighted by Gasteiger charge is -2.25. The second kappa shape index (κ2) is 13.0. The molecule has 0 saturated heterocycles. The molecule has 3 nitrogen and oxygen atoms in total. The molecule has 0 spiro atoms. The smallest absolute Gasteiger partial charge is 0.145 e. The Morgan fingerprint density at radius 2 is 1.89 bits per heavy atom. The van der Waals surface area contributed by atoms with Gasteiger partial charge in [0.1, 0.15) is 12.9 Å². The van der Waals surface area contributed by atoms with Gasteiger partial charge in [-0.05, 0) is 25.3 Å². The number of aldehydes is 1. The summed E-state index contributed by atoms with van der Waals surface area (Å²) in [5.41, 5.74) is 0. The maximum absolute atomic E-state index is 10.2. The molecule has 0 rings (SSSR count). The summed E-state index contributed by atoms with van der Waals surface area (Å²) < 4.78 is 5.25. The van der Waals surface area contributed by atoms with Gasteiger partial charge in [-0.15, -0.1) is 0 Å². The van der Waals surface area contributed by atoms with E-state index in [1.807, 2.05) is 0 Å². The van der Waals surface area contributed by atoms with Crippen molar-refractivity contribution >= 4 is 6.29 Å². The summed E-state index contributed by atoms with van der Waals surface area (Å²) in [5.74, 6) is 0.757. The number of carbonyl (C=O) groups excluding carboxylic acids is 1. The van der Waals surface area contributed by atoms with Crippen LogP contribution in [0.1, 0.15) is 52.9 Å². The summed E-state index contributed by atoms with van der Waals surface area (Å²) in [4.78, 5) is 12.7. The van der Waals surface area contributed by atoms with Crippen molar-refractivity contribution < 1.29 is 9.53 Å². The molecule has 0 heterocycles. The summed E-state index contributed by atoms with van der Waals surface area (Å²) in [5, 5.41) is 0. The van der Waals surface area contributed by atoms with Crippen LogP contribution in [0.4, 0.5) is 0 Å². The predicted octanol–water partition coefficient (Wildman–Crippen LogP) is 3.13. The summed E-state index contributed by atoms with van der Waals surface area (Å²) in [6.07, 6.45) is 7.21. The molecule has 0 amide bonds. The van der Waals surface area contributed by atoms with Gasteiger partial charge in [-0.2, -0.15) is 0 Å². The quantitative estimate of drug-likeness (QED) is 0.375. The van der Waals surface area contributed by atoms with Gasteiger partial charge in [0.25, 0.3) is 0 Å². The molecule has 0 aliphatic heterocycles. The van der Waals surface area contributed by atoms with E-state index in [9.17, 15) is 4.79 Å². The molecule has 0 fully saturated rings. The van der Waals surface area contributed by atoms with E-state index in [2.05, 4.69) is 25.7 Å². The largest absolute Gasteiger partial charge is 0.373 e. The van der Waals surface area contributed by atoms with Gasteiger partial charge in [-0.1, -0.05) is 40.0 Å². The van der Waals surface area contributed by atoms with E-state index in [1.165, 1.54) is 32.1 Å². The predicted molar refractivity (Wildman–Crippen MR) is 76.9 cm³/mol. The van der Waals surface area contributed by atoms with Crippen LogP contribution in [0.25, 0.3) is 0 Å². The first-order valence-corrected chi connectivity index (χ1v) is 7.48. The van der Waals surface area contributed by atoms with Crippen molar-refractivity contribution in [1.82, 2.24) is 4.90 Å². The molecule has 0 N–H and O–H groups in total. The van der Waals surface area contributed by atoms with Crippen LogP contribution in [-0.4, -0.2) is 44.0 Å². The van der Waals surface area contributed by atoms with Gasteiger partial charge < -0.3 is 14.4 Å². The SMILES string of the molecule is CCCCC(C)CN(CCCC)CCOCC=O. The van der Waals surface area contributed by atoms with Crippen LogP contribution in [0.5, 0.6) is 0 Å². The molecule has 1 atom stereocenters. The number of rotatable bonds is 13. The summed E-state index contributed by atoms with van der Waals surface area (Å²) in [6, 6.07) is 0. The van der Waals surface area contributed by atoms with E-state index in [1.54, 1.807) is 0 Å². The van der Waals surface area contributed by atoms with Crippen molar-refractivity contribution in [1.29, 1.82) is 0 Å². The highest BCUT2D eigenvalue weighted by molar-refractivity contribution is 5.50. The molecule has 0 aliphatic rings. The minimum absolute atomic E-state index is 0.229. The van der Waals surface area contributed by atoms with Crippen LogP contribution in [0.2, 0.25) is 0 Å². The van der Waals surface area contributed by atoms with E-state index in [0.717, 1.165) is 31.8 Å². The Bertz CT molecular complexity index is 185. The molecular weight excluding hydrogens is 226 g/mol. The fourth-order valence-corrected chi connectivity index (χ4v) is 2.09. The Balaban J connectivity index is 3.84. The first-order valence-electron chi connectivity index (χ1n) is 7.48. The number of unbranched alkanes of at least 4 members (excludes halogenated alkanes) is 2. The Labute approximate surface area is 113 Å². The van der Waals surface area contributed by atoms with Gasteiger partial charge >= 0.3 is 0 Å². The molecule has 0 radical (unpaired) electrons. The summed E-state index contributed by atoms with van der Waals surface area (Å²) >= 11 is 0. The molecule has 1 unspecified atom stereocenters. The number of carbonyl (C=O) groups is 1. The molecule has 3 heteroatoms.